The van der Waals surface area contributed by atoms with Crippen molar-refractivity contribution in [3.8, 4) is 0 Å². The molecule has 0 aliphatic carbocycles. The number of hydrogen-bond acceptors (Lipinski definition) is 7. The molecule has 0 aromatic carbocycles. The van der Waals surface area contributed by atoms with Crippen LogP contribution < -0.4 is 15.4 Å². The second-order valence-corrected chi connectivity index (χ2v) is 7.06. The van der Waals surface area contributed by atoms with Crippen LogP contribution in [0.15, 0.2) is 36.8 Å². The lowest BCUT2D eigenvalue weighted by Gasteiger charge is -2.10. The Bertz CT molecular complexity index is 802. The van der Waals surface area contributed by atoms with Gasteiger partial charge in [0.25, 0.3) is 0 Å². The molecule has 142 valence electrons. The van der Waals surface area contributed by atoms with Crippen molar-refractivity contribution in [2.24, 2.45) is 0 Å². The van der Waals surface area contributed by atoms with E-state index in [1.54, 1.807) is 30.5 Å². The molecule has 2 rings (SSSR count). The molecule has 2 aromatic heterocycles. The quantitative estimate of drug-likeness (QED) is 0.561. The maximum Gasteiger partial charge on any atom is 0.390 e. The number of rotatable bonds is 9. The van der Waals surface area contributed by atoms with Crippen molar-refractivity contribution in [2.45, 2.75) is 12.6 Å². The van der Waals surface area contributed by atoms with Crippen molar-refractivity contribution in [1.82, 2.24) is 19.7 Å². The Hall–Kier alpha value is -2.47. The Morgan fingerprint density at radius 3 is 2.46 bits per heavy atom. The fraction of sp³-hybridized carbons (Fsp3) is 0.357. The van der Waals surface area contributed by atoms with Gasteiger partial charge >= 0.3 is 6.18 Å². The average Bonchev–Trinajstić information content (AvgIpc) is 2.58. The lowest BCUT2D eigenvalue weighted by molar-refractivity contribution is -0.129. The van der Waals surface area contributed by atoms with Gasteiger partial charge in [-0.25, -0.2) is 28.1 Å². The predicted octanol–water partition coefficient (Wildman–Crippen LogP) is 1.90. The first-order chi connectivity index (χ1) is 12.2. The zero-order valence-corrected chi connectivity index (χ0v) is 14.3. The number of pyridine rings is 1. The van der Waals surface area contributed by atoms with Crippen LogP contribution in [0.25, 0.3) is 0 Å². The Morgan fingerprint density at radius 2 is 1.77 bits per heavy atom. The molecular weight excluding hydrogens is 373 g/mol. The molecule has 0 amide bonds. The molecule has 0 unspecified atom stereocenters. The van der Waals surface area contributed by atoms with Crippen LogP contribution in [0.5, 0.6) is 0 Å². The number of aromatic nitrogens is 3. The molecule has 0 saturated carbocycles. The fourth-order valence-corrected chi connectivity index (χ4v) is 2.87. The number of alkyl halides is 3. The third-order valence-corrected chi connectivity index (χ3v) is 4.38. The maximum absolute atomic E-state index is 12.1. The summed E-state index contributed by atoms with van der Waals surface area (Å²) in [4.78, 5) is 12.1. The summed E-state index contributed by atoms with van der Waals surface area (Å²) in [5.74, 6) is 0.497. The van der Waals surface area contributed by atoms with Gasteiger partial charge in [0.15, 0.2) is 0 Å². The highest BCUT2D eigenvalue weighted by atomic mass is 32.2. The summed E-state index contributed by atoms with van der Waals surface area (Å²) in [6.45, 7) is 0.0679. The topological polar surface area (TPSA) is 109 Å². The molecule has 0 aliphatic rings. The van der Waals surface area contributed by atoms with E-state index in [0.717, 1.165) is 0 Å². The van der Waals surface area contributed by atoms with Crippen molar-refractivity contribution in [1.29, 1.82) is 0 Å². The fourth-order valence-electron chi connectivity index (χ4n) is 1.81. The van der Waals surface area contributed by atoms with Crippen LogP contribution in [0, 0.1) is 0 Å². The molecule has 0 spiro atoms. The van der Waals surface area contributed by atoms with Gasteiger partial charge in [-0.15, -0.1) is 0 Å². The highest BCUT2D eigenvalue weighted by molar-refractivity contribution is 7.89. The summed E-state index contributed by atoms with van der Waals surface area (Å²) in [5.41, 5.74) is 0. The van der Waals surface area contributed by atoms with Crippen molar-refractivity contribution in [3.05, 3.63) is 36.8 Å². The number of hydrogen-bond donors (Lipinski definition) is 3. The third-order valence-electron chi connectivity index (χ3n) is 3.00. The van der Waals surface area contributed by atoms with Gasteiger partial charge in [-0.1, -0.05) is 6.07 Å². The third kappa shape index (κ3) is 7.61. The molecular formula is C14H17F3N6O2S. The smallest absolute Gasteiger partial charge is 0.369 e. The van der Waals surface area contributed by atoms with E-state index >= 15 is 0 Å². The zero-order chi connectivity index (χ0) is 19.0. The lowest BCUT2D eigenvalue weighted by atomic mass is 10.4. The van der Waals surface area contributed by atoms with Gasteiger partial charge in [0.2, 0.25) is 10.0 Å². The van der Waals surface area contributed by atoms with Gasteiger partial charge in [0.1, 0.15) is 23.8 Å². The number of halogens is 3. The Labute approximate surface area is 148 Å². The molecule has 12 heteroatoms. The van der Waals surface area contributed by atoms with Crippen LogP contribution in [0.3, 0.4) is 0 Å². The van der Waals surface area contributed by atoms with Crippen LogP contribution >= 0.6 is 0 Å². The van der Waals surface area contributed by atoms with E-state index in [-0.39, 0.29) is 13.1 Å². The summed E-state index contributed by atoms with van der Waals surface area (Å²) in [6, 6.07) is 6.92. The molecule has 8 nitrogen and oxygen atoms in total. The van der Waals surface area contributed by atoms with E-state index in [1.165, 1.54) is 6.33 Å². The largest absolute Gasteiger partial charge is 0.390 e. The van der Waals surface area contributed by atoms with Gasteiger partial charge in [0.05, 0.1) is 12.2 Å². The lowest BCUT2D eigenvalue weighted by Crippen LogP contribution is -2.32. The Kier molecular flexibility index (Phi) is 6.69. The molecule has 0 bridgehead atoms. The van der Waals surface area contributed by atoms with E-state index in [4.69, 9.17) is 0 Å². The monoisotopic (exact) mass is 390 g/mol. The first-order valence-electron chi connectivity index (χ1n) is 7.52. The molecule has 0 saturated heterocycles. The van der Waals surface area contributed by atoms with Gasteiger partial charge in [-0.2, -0.15) is 13.2 Å². The van der Waals surface area contributed by atoms with Crippen LogP contribution in [0.1, 0.15) is 6.42 Å². The number of nitrogens with zero attached hydrogens (tertiary/aromatic N) is 3. The second-order valence-electron chi connectivity index (χ2n) is 5.13. The number of anilines is 3. The Balaban J connectivity index is 1.78. The minimum absolute atomic E-state index is 0.0762. The standard InChI is InChI=1S/C14H17F3N6O2S/c15-14(16,17)4-8-26(24,25)22-7-6-19-12-9-13(21-10-20-12)23-11-3-1-2-5-18-11/h1-3,5,9-10,22H,4,6-8H2,(H2,18,19,20,21,23). The van der Waals surface area contributed by atoms with Crippen LogP contribution in [-0.2, 0) is 10.0 Å². The molecule has 0 aliphatic heterocycles. The number of nitrogens with one attached hydrogen (secondary N) is 3. The molecule has 0 atom stereocenters. The van der Waals surface area contributed by atoms with Gasteiger partial charge in [-0.05, 0) is 12.1 Å². The SMILES string of the molecule is O=S(=O)(CCC(F)(F)F)NCCNc1cc(Nc2ccccn2)ncn1. The van der Waals surface area contributed by atoms with Crippen molar-refractivity contribution >= 4 is 27.5 Å². The van der Waals surface area contributed by atoms with E-state index in [9.17, 15) is 21.6 Å². The summed E-state index contributed by atoms with van der Waals surface area (Å²) in [5, 5.41) is 5.82. The predicted molar refractivity (Wildman–Crippen MR) is 90.5 cm³/mol. The summed E-state index contributed by atoms with van der Waals surface area (Å²) < 4.78 is 61.2. The first kappa shape index (κ1) is 19.8. The van der Waals surface area contributed by atoms with E-state index in [1.807, 2.05) is 0 Å². The summed E-state index contributed by atoms with van der Waals surface area (Å²) in [6.07, 6.45) is -2.97. The van der Waals surface area contributed by atoms with Crippen molar-refractivity contribution < 1.29 is 21.6 Å². The van der Waals surface area contributed by atoms with Crippen LogP contribution in [0.2, 0.25) is 0 Å². The summed E-state index contributed by atoms with van der Waals surface area (Å²) >= 11 is 0. The van der Waals surface area contributed by atoms with Crippen LogP contribution in [-0.4, -0.2) is 48.4 Å². The van der Waals surface area contributed by atoms with Crippen LogP contribution in [0.4, 0.5) is 30.6 Å². The summed E-state index contributed by atoms with van der Waals surface area (Å²) in [7, 11) is -3.98. The average molecular weight is 390 g/mol. The van der Waals surface area contributed by atoms with Gasteiger partial charge < -0.3 is 10.6 Å². The number of sulfonamides is 1. The second kappa shape index (κ2) is 8.76. The van der Waals surface area contributed by atoms with Gasteiger partial charge in [0, 0.05) is 25.4 Å². The van der Waals surface area contributed by atoms with E-state index in [2.05, 4.69) is 30.3 Å². The van der Waals surface area contributed by atoms with E-state index < -0.39 is 28.4 Å². The minimum Gasteiger partial charge on any atom is -0.369 e. The highest BCUT2D eigenvalue weighted by Gasteiger charge is 2.29. The molecule has 3 N–H and O–H groups in total. The minimum atomic E-state index is -4.51. The van der Waals surface area contributed by atoms with E-state index in [0.29, 0.717) is 17.5 Å². The first-order valence-corrected chi connectivity index (χ1v) is 9.17. The Morgan fingerprint density at radius 1 is 1.00 bits per heavy atom. The van der Waals surface area contributed by atoms with Crippen molar-refractivity contribution in [3.63, 3.8) is 0 Å². The zero-order valence-electron chi connectivity index (χ0n) is 13.5. The molecule has 0 radical (unpaired) electrons. The molecule has 2 aromatic rings. The highest BCUT2D eigenvalue weighted by Crippen LogP contribution is 2.19. The molecule has 2 heterocycles. The van der Waals surface area contributed by atoms with Gasteiger partial charge in [-0.3, -0.25) is 0 Å². The molecule has 26 heavy (non-hydrogen) atoms. The normalized spacial score (nSPS) is 12.0. The molecule has 0 fully saturated rings. The van der Waals surface area contributed by atoms with Crippen molar-refractivity contribution in [2.75, 3.05) is 29.5 Å². The maximum atomic E-state index is 12.1.